The van der Waals surface area contributed by atoms with E-state index in [1.54, 1.807) is 6.08 Å². The van der Waals surface area contributed by atoms with Crippen LogP contribution in [0.25, 0.3) is 0 Å². The van der Waals surface area contributed by atoms with Crippen LogP contribution in [0.15, 0.2) is 36.5 Å². The minimum absolute atomic E-state index is 0.0492. The van der Waals surface area contributed by atoms with Gasteiger partial charge in [0.25, 0.3) is 7.82 Å². The lowest BCUT2D eigenvalue weighted by molar-refractivity contribution is -0.870. The largest absolute Gasteiger partial charge is 0.756 e. The molecule has 0 spiro atoms. The maximum absolute atomic E-state index is 12.5. The predicted octanol–water partition coefficient (Wildman–Crippen LogP) is 11.5. The first-order valence-electron chi connectivity index (χ1n) is 21.7. The van der Waals surface area contributed by atoms with E-state index in [0.29, 0.717) is 17.4 Å². The highest BCUT2D eigenvalue weighted by Crippen LogP contribution is 2.38. The second kappa shape index (κ2) is 36.8. The smallest absolute Gasteiger partial charge is 0.331 e. The number of phosphoric ester groups is 1. The van der Waals surface area contributed by atoms with Crippen LogP contribution >= 0.6 is 7.82 Å². The summed E-state index contributed by atoms with van der Waals surface area (Å²) in [4.78, 5) is 37.3. The molecule has 0 fully saturated rings. The van der Waals surface area contributed by atoms with Gasteiger partial charge in [-0.25, -0.2) is 4.79 Å². The zero-order chi connectivity index (χ0) is 40.0. The second-order valence-corrected chi connectivity index (χ2v) is 17.2. The maximum Gasteiger partial charge on any atom is 0.331 e. The van der Waals surface area contributed by atoms with Crippen molar-refractivity contribution in [3.63, 3.8) is 0 Å². The lowest BCUT2D eigenvalue weighted by Gasteiger charge is -2.28. The normalized spacial score (nSPS) is 14.0. The molecule has 0 N–H and O–H groups in total. The van der Waals surface area contributed by atoms with Gasteiger partial charge in [0.2, 0.25) is 0 Å². The second-order valence-electron chi connectivity index (χ2n) is 15.8. The number of unbranched alkanes of at least 4 members (excludes halogenated alkanes) is 22. The van der Waals surface area contributed by atoms with Gasteiger partial charge >= 0.3 is 11.9 Å². The molecule has 1 unspecified atom stereocenters. The molecule has 0 amide bonds. The number of carbonyl (C=O) groups is 2. The minimum Gasteiger partial charge on any atom is -0.756 e. The molecule has 0 bridgehead atoms. The van der Waals surface area contributed by atoms with Crippen LogP contribution in [0, 0.1) is 0 Å². The van der Waals surface area contributed by atoms with Gasteiger partial charge in [0, 0.05) is 12.5 Å². The van der Waals surface area contributed by atoms with Crippen LogP contribution in [-0.4, -0.2) is 70.0 Å². The van der Waals surface area contributed by atoms with E-state index in [2.05, 4.69) is 26.0 Å². The zero-order valence-corrected chi connectivity index (χ0v) is 36.3. The summed E-state index contributed by atoms with van der Waals surface area (Å²) in [6.07, 6.45) is 41.0. The Morgan fingerprint density at radius 2 is 1.07 bits per heavy atom. The van der Waals surface area contributed by atoms with Gasteiger partial charge in [-0.15, -0.1) is 0 Å². The fourth-order valence-electron chi connectivity index (χ4n) is 5.79. The van der Waals surface area contributed by atoms with Crippen LogP contribution in [0.2, 0.25) is 0 Å². The van der Waals surface area contributed by atoms with Crippen molar-refractivity contribution in [3.05, 3.63) is 36.5 Å². The molecule has 316 valence electrons. The number of rotatable bonds is 39. The quantitative estimate of drug-likeness (QED) is 0.0115. The van der Waals surface area contributed by atoms with Crippen molar-refractivity contribution in [2.75, 3.05) is 47.5 Å². The van der Waals surface area contributed by atoms with E-state index in [-0.39, 0.29) is 19.6 Å². The standard InChI is InChI=1S/C44H82NO8P/c1-6-8-10-12-14-16-18-20-22-24-26-28-30-32-34-36-43(46)50-40-42(41-52-54(48,49)51-39-38-45(3,4)5)53-44(47)37-35-33-31-29-27-25-23-21-19-17-15-13-11-9-7-2/h26,28,31,33,35,37,42H,6-25,27,29-30,32,34,36,38-41H2,1-5H3/b28-26+,33-31+,37-35+/t42-/m1/s1. The first-order valence-corrected chi connectivity index (χ1v) is 23.2. The van der Waals surface area contributed by atoms with Crippen molar-refractivity contribution >= 4 is 19.8 Å². The van der Waals surface area contributed by atoms with Crippen molar-refractivity contribution in [1.29, 1.82) is 0 Å². The monoisotopic (exact) mass is 784 g/mol. The molecule has 0 saturated heterocycles. The summed E-state index contributed by atoms with van der Waals surface area (Å²) in [5.74, 6) is -1.11. The van der Waals surface area contributed by atoms with Crippen molar-refractivity contribution < 1.29 is 42.1 Å². The summed E-state index contributed by atoms with van der Waals surface area (Å²) in [5.41, 5.74) is 0. The molecule has 0 saturated carbocycles. The van der Waals surface area contributed by atoms with Crippen molar-refractivity contribution in [2.24, 2.45) is 0 Å². The van der Waals surface area contributed by atoms with Crippen LogP contribution in [0.4, 0.5) is 0 Å². The molecule has 0 rings (SSSR count). The molecule has 0 aromatic heterocycles. The predicted molar refractivity (Wildman–Crippen MR) is 222 cm³/mol. The highest BCUT2D eigenvalue weighted by Gasteiger charge is 2.21. The summed E-state index contributed by atoms with van der Waals surface area (Å²) < 4.78 is 33.6. The Hall–Kier alpha value is -1.77. The van der Waals surface area contributed by atoms with Gasteiger partial charge in [-0.3, -0.25) is 9.36 Å². The van der Waals surface area contributed by atoms with Crippen LogP contribution < -0.4 is 4.89 Å². The number of likely N-dealkylation sites (N-methyl/N-ethyl adjacent to an activating group) is 1. The SMILES string of the molecule is CCCCCCCCCCC/C=C/CCCCC(=O)OC[C@H](COP(=O)([O-])OCC[N+](C)(C)C)OC(=O)/C=C/C=C/CCCCCCCCCCCCC. The average Bonchev–Trinajstić information content (AvgIpc) is 3.12. The highest BCUT2D eigenvalue weighted by atomic mass is 31.2. The van der Waals surface area contributed by atoms with Gasteiger partial charge in [0.1, 0.15) is 19.8 Å². The van der Waals surface area contributed by atoms with Gasteiger partial charge in [-0.05, 0) is 44.9 Å². The Labute approximate surface area is 331 Å². The molecule has 54 heavy (non-hydrogen) atoms. The number of hydrogen-bond donors (Lipinski definition) is 0. The number of hydrogen-bond acceptors (Lipinski definition) is 8. The highest BCUT2D eigenvalue weighted by molar-refractivity contribution is 7.45. The van der Waals surface area contributed by atoms with E-state index in [4.69, 9.17) is 18.5 Å². The number of esters is 2. The summed E-state index contributed by atoms with van der Waals surface area (Å²) in [6.45, 7) is 4.08. The Kier molecular flexibility index (Phi) is 35.6. The topological polar surface area (TPSA) is 111 Å². The van der Waals surface area contributed by atoms with E-state index < -0.39 is 32.5 Å². The molecule has 0 aromatic rings. The summed E-state index contributed by atoms with van der Waals surface area (Å²) in [6, 6.07) is 0. The Morgan fingerprint density at radius 3 is 1.57 bits per heavy atom. The number of allylic oxidation sites excluding steroid dienone is 5. The third-order valence-electron chi connectivity index (χ3n) is 9.24. The zero-order valence-electron chi connectivity index (χ0n) is 35.4. The van der Waals surface area contributed by atoms with E-state index in [1.807, 2.05) is 33.3 Å². The molecule has 9 nitrogen and oxygen atoms in total. The van der Waals surface area contributed by atoms with Crippen molar-refractivity contribution in [3.8, 4) is 0 Å². The van der Waals surface area contributed by atoms with Crippen LogP contribution in [-0.2, 0) is 32.7 Å². The molecule has 0 aliphatic carbocycles. The fraction of sp³-hybridized carbons (Fsp3) is 0.818. The molecule has 0 aliphatic rings. The van der Waals surface area contributed by atoms with E-state index in [9.17, 15) is 19.0 Å². The Bertz CT molecular complexity index is 1020. The fourth-order valence-corrected chi connectivity index (χ4v) is 6.52. The van der Waals surface area contributed by atoms with Crippen molar-refractivity contribution in [1.82, 2.24) is 0 Å². The van der Waals surface area contributed by atoms with Gasteiger partial charge in [0.05, 0.1) is 27.7 Å². The Morgan fingerprint density at radius 1 is 0.611 bits per heavy atom. The minimum atomic E-state index is -4.65. The molecule has 0 radical (unpaired) electrons. The molecule has 10 heteroatoms. The van der Waals surface area contributed by atoms with E-state index in [0.717, 1.165) is 32.1 Å². The number of phosphoric acid groups is 1. The lowest BCUT2D eigenvalue weighted by atomic mass is 10.1. The lowest BCUT2D eigenvalue weighted by Crippen LogP contribution is -2.37. The number of ether oxygens (including phenoxy) is 2. The molecule has 2 atom stereocenters. The van der Waals surface area contributed by atoms with E-state index in [1.165, 1.54) is 128 Å². The van der Waals surface area contributed by atoms with Crippen LogP contribution in [0.1, 0.15) is 181 Å². The molecule has 0 heterocycles. The van der Waals surface area contributed by atoms with Gasteiger partial charge in [0.15, 0.2) is 6.10 Å². The van der Waals surface area contributed by atoms with Gasteiger partial charge in [-0.1, -0.05) is 160 Å². The van der Waals surface area contributed by atoms with Crippen molar-refractivity contribution in [2.45, 2.75) is 187 Å². The van der Waals surface area contributed by atoms with E-state index >= 15 is 0 Å². The third kappa shape index (κ3) is 39.9. The number of carbonyl (C=O) groups excluding carboxylic acids is 2. The number of quaternary nitrogens is 1. The van der Waals surface area contributed by atoms with Crippen LogP contribution in [0.5, 0.6) is 0 Å². The first-order chi connectivity index (χ1) is 26.0. The summed E-state index contributed by atoms with van der Waals surface area (Å²) >= 11 is 0. The first kappa shape index (κ1) is 52.2. The Balaban J connectivity index is 4.50. The average molecular weight is 784 g/mol. The van der Waals surface area contributed by atoms with Gasteiger partial charge in [-0.2, -0.15) is 0 Å². The van der Waals surface area contributed by atoms with Crippen LogP contribution in [0.3, 0.4) is 0 Å². The molecule has 0 aromatic carbocycles. The molecular formula is C44H82NO8P. The maximum atomic E-state index is 12.5. The number of nitrogens with zero attached hydrogens (tertiary/aromatic N) is 1. The van der Waals surface area contributed by atoms with Gasteiger partial charge < -0.3 is 27.9 Å². The summed E-state index contributed by atoms with van der Waals surface area (Å²) in [7, 11) is 1.10. The third-order valence-corrected chi connectivity index (χ3v) is 10.2. The molecule has 0 aliphatic heterocycles. The molecular weight excluding hydrogens is 701 g/mol. The summed E-state index contributed by atoms with van der Waals surface area (Å²) in [5, 5.41) is 0.